The van der Waals surface area contributed by atoms with Crippen molar-refractivity contribution in [2.45, 2.75) is 13.8 Å². The standard InChI is InChI=1S/C17H17ClN2O/c1-12-9-13(2)11-15(10-12)20-17(21)19-8-7-14-5-3-4-6-16(14)18/h3-11H,1-2H3,(H2,19,20,21)/b8-7+. The molecule has 0 aromatic heterocycles. The number of nitrogens with one attached hydrogen (secondary N) is 2. The molecule has 0 aliphatic rings. The van der Waals surface area contributed by atoms with Crippen molar-refractivity contribution in [2.24, 2.45) is 0 Å². The first-order chi connectivity index (χ1) is 10.0. The predicted octanol–water partition coefficient (Wildman–Crippen LogP) is 4.75. The molecule has 2 rings (SSSR count). The van der Waals surface area contributed by atoms with Crippen LogP contribution in [0.15, 0.2) is 48.7 Å². The van der Waals surface area contributed by atoms with E-state index in [2.05, 4.69) is 16.7 Å². The highest BCUT2D eigenvalue weighted by Crippen LogP contribution is 2.16. The number of carbonyl (C=O) groups excluding carboxylic acids is 1. The van der Waals surface area contributed by atoms with Crippen LogP contribution in [0.1, 0.15) is 16.7 Å². The smallest absolute Gasteiger partial charge is 0.314 e. The van der Waals surface area contributed by atoms with Gasteiger partial charge in [-0.25, -0.2) is 4.79 Å². The number of rotatable bonds is 3. The first kappa shape index (κ1) is 15.1. The van der Waals surface area contributed by atoms with Crippen LogP contribution in [0.25, 0.3) is 6.08 Å². The molecule has 0 radical (unpaired) electrons. The molecule has 0 atom stereocenters. The maximum Gasteiger partial charge on any atom is 0.323 e. The molecule has 3 nitrogen and oxygen atoms in total. The molecule has 0 unspecified atom stereocenters. The van der Waals surface area contributed by atoms with Crippen LogP contribution in [-0.4, -0.2) is 6.03 Å². The number of benzene rings is 2. The molecular formula is C17H17ClN2O. The molecule has 2 N–H and O–H groups in total. The van der Waals surface area contributed by atoms with Crippen molar-refractivity contribution >= 4 is 29.4 Å². The number of halogens is 1. The molecular weight excluding hydrogens is 284 g/mol. The van der Waals surface area contributed by atoms with E-state index >= 15 is 0 Å². The van der Waals surface area contributed by atoms with Gasteiger partial charge in [0.15, 0.2) is 0 Å². The Hall–Kier alpha value is -2.26. The Bertz CT molecular complexity index is 660. The molecule has 21 heavy (non-hydrogen) atoms. The summed E-state index contributed by atoms with van der Waals surface area (Å²) in [5.41, 5.74) is 3.84. The molecule has 0 bridgehead atoms. The highest BCUT2D eigenvalue weighted by Gasteiger charge is 2.01. The van der Waals surface area contributed by atoms with E-state index in [4.69, 9.17) is 11.6 Å². The van der Waals surface area contributed by atoms with Gasteiger partial charge in [-0.05, 0) is 54.8 Å². The zero-order valence-corrected chi connectivity index (χ0v) is 12.7. The number of urea groups is 1. The SMILES string of the molecule is Cc1cc(C)cc(NC(=O)N/C=C/c2ccccc2Cl)c1. The Labute approximate surface area is 129 Å². The van der Waals surface area contributed by atoms with Crippen LogP contribution in [0.4, 0.5) is 10.5 Å². The van der Waals surface area contributed by atoms with Gasteiger partial charge in [-0.1, -0.05) is 35.9 Å². The van der Waals surface area contributed by atoms with Crippen molar-refractivity contribution in [1.29, 1.82) is 0 Å². The summed E-state index contributed by atoms with van der Waals surface area (Å²) in [7, 11) is 0. The lowest BCUT2D eigenvalue weighted by Crippen LogP contribution is -2.23. The summed E-state index contributed by atoms with van der Waals surface area (Å²) in [6, 6.07) is 13.0. The molecule has 0 heterocycles. The number of amides is 2. The topological polar surface area (TPSA) is 41.1 Å². The average Bonchev–Trinajstić information content (AvgIpc) is 2.39. The number of carbonyl (C=O) groups is 1. The second-order valence-corrected chi connectivity index (χ2v) is 5.24. The molecule has 0 fully saturated rings. The molecule has 2 amide bonds. The van der Waals surface area contributed by atoms with Gasteiger partial charge >= 0.3 is 6.03 Å². The highest BCUT2D eigenvalue weighted by molar-refractivity contribution is 6.32. The second-order valence-electron chi connectivity index (χ2n) is 4.83. The van der Waals surface area contributed by atoms with Crippen LogP contribution in [0.2, 0.25) is 5.02 Å². The molecule has 0 spiro atoms. The third kappa shape index (κ3) is 4.65. The summed E-state index contributed by atoms with van der Waals surface area (Å²) in [6.07, 6.45) is 3.32. The number of aryl methyl sites for hydroxylation is 2. The predicted molar refractivity (Wildman–Crippen MR) is 88.6 cm³/mol. The largest absolute Gasteiger partial charge is 0.323 e. The fraction of sp³-hybridized carbons (Fsp3) is 0.118. The molecule has 0 aliphatic carbocycles. The van der Waals surface area contributed by atoms with Crippen molar-refractivity contribution in [1.82, 2.24) is 5.32 Å². The van der Waals surface area contributed by atoms with Gasteiger partial charge in [0.2, 0.25) is 0 Å². The Balaban J connectivity index is 1.95. The van der Waals surface area contributed by atoms with Crippen LogP contribution in [0.5, 0.6) is 0 Å². The lowest BCUT2D eigenvalue weighted by molar-refractivity contribution is 0.255. The number of hydrogen-bond donors (Lipinski definition) is 2. The minimum absolute atomic E-state index is 0.289. The lowest BCUT2D eigenvalue weighted by atomic mass is 10.1. The maximum absolute atomic E-state index is 11.8. The summed E-state index contributed by atoms with van der Waals surface area (Å²) in [5, 5.41) is 6.09. The summed E-state index contributed by atoms with van der Waals surface area (Å²) in [6.45, 7) is 3.99. The summed E-state index contributed by atoms with van der Waals surface area (Å²) in [5.74, 6) is 0. The molecule has 108 valence electrons. The van der Waals surface area contributed by atoms with E-state index in [0.29, 0.717) is 5.02 Å². The van der Waals surface area contributed by atoms with E-state index in [1.807, 2.05) is 44.2 Å². The zero-order valence-electron chi connectivity index (χ0n) is 12.0. The zero-order chi connectivity index (χ0) is 15.2. The Morgan fingerprint density at radius 3 is 2.43 bits per heavy atom. The number of hydrogen-bond acceptors (Lipinski definition) is 1. The molecule has 0 saturated heterocycles. The number of anilines is 1. The van der Waals surface area contributed by atoms with Gasteiger partial charge in [-0.3, -0.25) is 0 Å². The van der Waals surface area contributed by atoms with Gasteiger partial charge in [0.05, 0.1) is 0 Å². The highest BCUT2D eigenvalue weighted by atomic mass is 35.5. The van der Waals surface area contributed by atoms with Crippen molar-refractivity contribution in [3.8, 4) is 0 Å². The van der Waals surface area contributed by atoms with Gasteiger partial charge in [0.1, 0.15) is 0 Å². The first-order valence-corrected chi connectivity index (χ1v) is 6.99. The third-order valence-corrected chi connectivity index (χ3v) is 3.21. The van der Waals surface area contributed by atoms with E-state index in [1.54, 1.807) is 18.3 Å². The molecule has 0 aliphatic heterocycles. The Morgan fingerprint density at radius 2 is 1.76 bits per heavy atom. The van der Waals surface area contributed by atoms with E-state index in [0.717, 1.165) is 22.4 Å². The van der Waals surface area contributed by atoms with Gasteiger partial charge in [0.25, 0.3) is 0 Å². The summed E-state index contributed by atoms with van der Waals surface area (Å²) in [4.78, 5) is 11.8. The van der Waals surface area contributed by atoms with Crippen LogP contribution < -0.4 is 10.6 Å². The van der Waals surface area contributed by atoms with E-state index in [1.165, 1.54) is 0 Å². The van der Waals surface area contributed by atoms with Crippen LogP contribution in [0.3, 0.4) is 0 Å². The summed E-state index contributed by atoms with van der Waals surface area (Å²) < 4.78 is 0. The fourth-order valence-electron chi connectivity index (χ4n) is 2.03. The van der Waals surface area contributed by atoms with Gasteiger partial charge in [0, 0.05) is 16.9 Å². The van der Waals surface area contributed by atoms with Crippen molar-refractivity contribution < 1.29 is 4.79 Å². The van der Waals surface area contributed by atoms with Crippen molar-refractivity contribution in [2.75, 3.05) is 5.32 Å². The quantitative estimate of drug-likeness (QED) is 0.844. The second kappa shape index (κ2) is 6.95. The van der Waals surface area contributed by atoms with Gasteiger partial charge in [-0.15, -0.1) is 0 Å². The lowest BCUT2D eigenvalue weighted by Gasteiger charge is -2.07. The van der Waals surface area contributed by atoms with Crippen LogP contribution in [-0.2, 0) is 0 Å². The van der Waals surface area contributed by atoms with E-state index < -0.39 is 0 Å². The van der Waals surface area contributed by atoms with E-state index in [-0.39, 0.29) is 6.03 Å². The van der Waals surface area contributed by atoms with Crippen molar-refractivity contribution in [3.63, 3.8) is 0 Å². The van der Waals surface area contributed by atoms with Crippen LogP contribution >= 0.6 is 11.6 Å². The average molecular weight is 301 g/mol. The maximum atomic E-state index is 11.8. The molecule has 2 aromatic carbocycles. The molecule has 2 aromatic rings. The summed E-state index contributed by atoms with van der Waals surface area (Å²) >= 11 is 6.02. The molecule has 0 saturated carbocycles. The van der Waals surface area contributed by atoms with E-state index in [9.17, 15) is 4.79 Å². The Kier molecular flexibility index (Phi) is 5.01. The molecule has 4 heteroatoms. The van der Waals surface area contributed by atoms with Crippen molar-refractivity contribution in [3.05, 3.63) is 70.4 Å². The minimum atomic E-state index is -0.289. The van der Waals surface area contributed by atoms with Gasteiger partial charge < -0.3 is 10.6 Å². The fourth-order valence-corrected chi connectivity index (χ4v) is 2.23. The monoisotopic (exact) mass is 300 g/mol. The third-order valence-electron chi connectivity index (χ3n) is 2.86. The van der Waals surface area contributed by atoms with Gasteiger partial charge in [-0.2, -0.15) is 0 Å². The normalized spacial score (nSPS) is 10.6. The Morgan fingerprint density at radius 1 is 1.10 bits per heavy atom. The van der Waals surface area contributed by atoms with Crippen LogP contribution in [0, 0.1) is 13.8 Å². The minimum Gasteiger partial charge on any atom is -0.314 e. The first-order valence-electron chi connectivity index (χ1n) is 6.61.